The Kier molecular flexibility index (Phi) is 4.39. The van der Waals surface area contributed by atoms with Crippen LogP contribution in [0.15, 0.2) is 24.3 Å². The van der Waals surface area contributed by atoms with Crippen molar-refractivity contribution >= 4 is 5.69 Å². The average Bonchev–Trinajstić information content (AvgIpc) is 3.18. The third-order valence-corrected chi connectivity index (χ3v) is 4.35. The van der Waals surface area contributed by atoms with Gasteiger partial charge in [-0.15, -0.1) is 0 Å². The standard InChI is InChI=1S/C17H26N2/c1(5-12-18-16-9-10-16)2-6-13-19-14-11-15-7-3-4-8-17(15)19/h3-4,7-8,16,18H,1-2,5-6,9-14H2. The summed E-state index contributed by atoms with van der Waals surface area (Å²) in [5.41, 5.74) is 3.02. The zero-order valence-corrected chi connectivity index (χ0v) is 11.9. The van der Waals surface area contributed by atoms with Gasteiger partial charge in [-0.2, -0.15) is 0 Å². The minimum absolute atomic E-state index is 0.876. The summed E-state index contributed by atoms with van der Waals surface area (Å²) in [7, 11) is 0. The molecule has 1 aromatic rings. The molecule has 0 saturated heterocycles. The molecule has 2 aliphatic rings. The molecule has 19 heavy (non-hydrogen) atoms. The Bertz CT molecular complexity index is 398. The summed E-state index contributed by atoms with van der Waals surface area (Å²) in [6.07, 6.45) is 9.52. The zero-order chi connectivity index (χ0) is 12.9. The van der Waals surface area contributed by atoms with Crippen molar-refractivity contribution in [3.8, 4) is 0 Å². The molecule has 1 aromatic carbocycles. The van der Waals surface area contributed by atoms with E-state index < -0.39 is 0 Å². The fourth-order valence-electron chi connectivity index (χ4n) is 3.01. The number of unbranched alkanes of at least 4 members (excludes halogenated alkanes) is 3. The molecule has 0 spiro atoms. The quantitative estimate of drug-likeness (QED) is 0.719. The van der Waals surface area contributed by atoms with Gasteiger partial charge in [-0.3, -0.25) is 0 Å². The van der Waals surface area contributed by atoms with E-state index in [1.165, 1.54) is 75.8 Å². The highest BCUT2D eigenvalue weighted by Gasteiger charge is 2.19. The molecule has 1 heterocycles. The maximum Gasteiger partial charge on any atom is 0.0399 e. The minimum atomic E-state index is 0.876. The number of rotatable bonds is 8. The van der Waals surface area contributed by atoms with Crippen LogP contribution in [-0.2, 0) is 6.42 Å². The molecule has 1 aliphatic carbocycles. The SMILES string of the molecule is c1ccc2c(c1)CCN2CCCCCCNC1CC1. The second kappa shape index (κ2) is 6.42. The van der Waals surface area contributed by atoms with Crippen LogP contribution in [0.1, 0.15) is 44.1 Å². The predicted molar refractivity (Wildman–Crippen MR) is 81.9 cm³/mol. The Morgan fingerprint density at radius 1 is 1.05 bits per heavy atom. The van der Waals surface area contributed by atoms with Crippen LogP contribution in [-0.4, -0.2) is 25.7 Å². The van der Waals surface area contributed by atoms with E-state index in [0.717, 1.165) is 6.04 Å². The molecule has 0 aromatic heterocycles. The largest absolute Gasteiger partial charge is 0.371 e. The molecule has 1 N–H and O–H groups in total. The zero-order valence-electron chi connectivity index (χ0n) is 11.9. The van der Waals surface area contributed by atoms with Gasteiger partial charge in [0.25, 0.3) is 0 Å². The summed E-state index contributed by atoms with van der Waals surface area (Å²) in [5.74, 6) is 0. The average molecular weight is 258 g/mol. The van der Waals surface area contributed by atoms with E-state index in [2.05, 4.69) is 34.5 Å². The Labute approximate surface area is 117 Å². The fourth-order valence-corrected chi connectivity index (χ4v) is 3.01. The van der Waals surface area contributed by atoms with Gasteiger partial charge in [-0.25, -0.2) is 0 Å². The van der Waals surface area contributed by atoms with Crippen LogP contribution < -0.4 is 10.2 Å². The van der Waals surface area contributed by atoms with Crippen molar-refractivity contribution in [2.75, 3.05) is 24.5 Å². The van der Waals surface area contributed by atoms with Crippen molar-refractivity contribution in [2.45, 2.75) is 51.0 Å². The lowest BCUT2D eigenvalue weighted by Crippen LogP contribution is -2.21. The van der Waals surface area contributed by atoms with Gasteiger partial charge in [0.1, 0.15) is 0 Å². The summed E-state index contributed by atoms with van der Waals surface area (Å²) < 4.78 is 0. The van der Waals surface area contributed by atoms with E-state index >= 15 is 0 Å². The van der Waals surface area contributed by atoms with Crippen LogP contribution in [0.5, 0.6) is 0 Å². The Morgan fingerprint density at radius 3 is 2.79 bits per heavy atom. The number of hydrogen-bond donors (Lipinski definition) is 1. The van der Waals surface area contributed by atoms with Crippen LogP contribution in [0, 0.1) is 0 Å². The van der Waals surface area contributed by atoms with Gasteiger partial charge in [0, 0.05) is 24.8 Å². The lowest BCUT2D eigenvalue weighted by Gasteiger charge is -2.19. The molecule has 1 saturated carbocycles. The monoisotopic (exact) mass is 258 g/mol. The molecule has 0 bridgehead atoms. The molecule has 0 unspecified atom stereocenters. The van der Waals surface area contributed by atoms with Crippen molar-refractivity contribution in [2.24, 2.45) is 0 Å². The van der Waals surface area contributed by atoms with Crippen molar-refractivity contribution in [1.29, 1.82) is 0 Å². The van der Waals surface area contributed by atoms with Crippen LogP contribution in [0.3, 0.4) is 0 Å². The van der Waals surface area contributed by atoms with Crippen molar-refractivity contribution in [3.05, 3.63) is 29.8 Å². The molecular formula is C17H26N2. The van der Waals surface area contributed by atoms with Crippen LogP contribution >= 0.6 is 0 Å². The van der Waals surface area contributed by atoms with Crippen LogP contribution in [0.4, 0.5) is 5.69 Å². The van der Waals surface area contributed by atoms with E-state index in [1.54, 1.807) is 0 Å². The number of para-hydroxylation sites is 1. The molecule has 1 fully saturated rings. The molecule has 2 nitrogen and oxygen atoms in total. The van der Waals surface area contributed by atoms with E-state index in [9.17, 15) is 0 Å². The van der Waals surface area contributed by atoms with Gasteiger partial charge in [0.2, 0.25) is 0 Å². The third-order valence-electron chi connectivity index (χ3n) is 4.35. The smallest absolute Gasteiger partial charge is 0.0399 e. The Morgan fingerprint density at radius 2 is 1.89 bits per heavy atom. The van der Waals surface area contributed by atoms with Gasteiger partial charge in [-0.1, -0.05) is 31.0 Å². The first-order chi connectivity index (χ1) is 9.43. The lowest BCUT2D eigenvalue weighted by molar-refractivity contribution is 0.582. The van der Waals surface area contributed by atoms with Gasteiger partial charge in [0.15, 0.2) is 0 Å². The summed E-state index contributed by atoms with van der Waals surface area (Å²) in [4.78, 5) is 2.57. The Balaban J connectivity index is 1.28. The molecular weight excluding hydrogens is 232 g/mol. The topological polar surface area (TPSA) is 15.3 Å². The molecule has 1 aliphatic heterocycles. The highest BCUT2D eigenvalue weighted by molar-refractivity contribution is 5.57. The van der Waals surface area contributed by atoms with Crippen LogP contribution in [0.25, 0.3) is 0 Å². The molecule has 0 radical (unpaired) electrons. The minimum Gasteiger partial charge on any atom is -0.371 e. The van der Waals surface area contributed by atoms with Gasteiger partial charge in [0.05, 0.1) is 0 Å². The number of nitrogens with zero attached hydrogens (tertiary/aromatic N) is 1. The molecule has 0 amide bonds. The Hall–Kier alpha value is -1.02. The summed E-state index contributed by atoms with van der Waals surface area (Å²) >= 11 is 0. The first-order valence-electron chi connectivity index (χ1n) is 8.00. The van der Waals surface area contributed by atoms with E-state index in [-0.39, 0.29) is 0 Å². The predicted octanol–water partition coefficient (Wildman–Crippen LogP) is 3.36. The van der Waals surface area contributed by atoms with E-state index in [0.29, 0.717) is 0 Å². The first-order valence-corrected chi connectivity index (χ1v) is 8.00. The summed E-state index contributed by atoms with van der Waals surface area (Å²) in [5, 5.41) is 3.59. The lowest BCUT2D eigenvalue weighted by atomic mass is 10.1. The first kappa shape index (κ1) is 13.0. The number of fused-ring (bicyclic) bond motifs is 1. The highest BCUT2D eigenvalue weighted by Crippen LogP contribution is 2.27. The van der Waals surface area contributed by atoms with E-state index in [1.807, 2.05) is 0 Å². The van der Waals surface area contributed by atoms with Crippen molar-refractivity contribution in [1.82, 2.24) is 5.32 Å². The van der Waals surface area contributed by atoms with Crippen LogP contribution in [0.2, 0.25) is 0 Å². The van der Waals surface area contributed by atoms with Gasteiger partial charge >= 0.3 is 0 Å². The fraction of sp³-hybridized carbons (Fsp3) is 0.647. The number of hydrogen-bond acceptors (Lipinski definition) is 2. The summed E-state index contributed by atoms with van der Waals surface area (Å²) in [6.45, 7) is 3.70. The van der Waals surface area contributed by atoms with E-state index in [4.69, 9.17) is 0 Å². The second-order valence-corrected chi connectivity index (χ2v) is 6.01. The van der Waals surface area contributed by atoms with Gasteiger partial charge < -0.3 is 10.2 Å². The third kappa shape index (κ3) is 3.73. The number of nitrogens with one attached hydrogen (secondary N) is 1. The number of anilines is 1. The maximum absolute atomic E-state index is 3.59. The second-order valence-electron chi connectivity index (χ2n) is 6.01. The normalized spacial score (nSPS) is 17.8. The molecule has 104 valence electrons. The molecule has 3 rings (SSSR count). The maximum atomic E-state index is 3.59. The molecule has 0 atom stereocenters. The van der Waals surface area contributed by atoms with Gasteiger partial charge in [-0.05, 0) is 50.3 Å². The van der Waals surface area contributed by atoms with Crippen molar-refractivity contribution < 1.29 is 0 Å². The van der Waals surface area contributed by atoms with Crippen molar-refractivity contribution in [3.63, 3.8) is 0 Å². The number of benzene rings is 1. The molecule has 2 heteroatoms. The summed E-state index contributed by atoms with van der Waals surface area (Å²) in [6, 6.07) is 9.76. The highest BCUT2D eigenvalue weighted by atomic mass is 15.1.